The lowest BCUT2D eigenvalue weighted by Gasteiger charge is -2.43. The first-order chi connectivity index (χ1) is 14.0. The molecule has 0 unspecified atom stereocenters. The highest BCUT2D eigenvalue weighted by molar-refractivity contribution is 5.86. The molecule has 0 spiro atoms. The average Bonchev–Trinajstić information content (AvgIpc) is 3.59. The van der Waals surface area contributed by atoms with Crippen LogP contribution in [0.15, 0.2) is 54.6 Å². The van der Waals surface area contributed by atoms with Gasteiger partial charge in [-0.05, 0) is 48.8 Å². The summed E-state index contributed by atoms with van der Waals surface area (Å²) in [6, 6.07) is 18.7. The molecule has 0 radical (unpaired) electrons. The fourth-order valence-corrected chi connectivity index (χ4v) is 4.72. The molecule has 1 heterocycles. The number of piperidine rings is 1. The highest BCUT2D eigenvalue weighted by Gasteiger charge is 2.46. The Hall–Kier alpha value is -2.62. The Morgan fingerprint density at radius 3 is 2.41 bits per heavy atom. The van der Waals surface area contributed by atoms with Gasteiger partial charge in [-0.15, -0.1) is 0 Å². The third-order valence-corrected chi connectivity index (χ3v) is 6.31. The van der Waals surface area contributed by atoms with E-state index in [-0.39, 0.29) is 17.7 Å². The molecular weight excluding hydrogens is 360 g/mol. The smallest absolute Gasteiger partial charge is 0.230 e. The standard InChI is InChI=1S/C25H30N2O2/c1-26(2)24(29)25(15-8-16-27(18-25)23(28)20-13-14-20)17-21-11-6-7-12-22(21)19-9-4-3-5-10-19/h3-7,9-12,20H,8,13-18H2,1-2H3/t25-/m0/s1. The molecule has 4 heteroatoms. The highest BCUT2D eigenvalue weighted by atomic mass is 16.2. The minimum atomic E-state index is -0.558. The minimum absolute atomic E-state index is 0.133. The van der Waals surface area contributed by atoms with Gasteiger partial charge in [0.05, 0.1) is 5.41 Å². The van der Waals surface area contributed by atoms with Crippen LogP contribution in [0.5, 0.6) is 0 Å². The van der Waals surface area contributed by atoms with Crippen molar-refractivity contribution in [3.8, 4) is 11.1 Å². The van der Waals surface area contributed by atoms with E-state index in [0.29, 0.717) is 13.0 Å². The number of amides is 2. The zero-order valence-electron chi connectivity index (χ0n) is 17.4. The van der Waals surface area contributed by atoms with Crippen molar-refractivity contribution in [2.24, 2.45) is 11.3 Å². The molecule has 29 heavy (non-hydrogen) atoms. The second kappa shape index (κ2) is 8.02. The van der Waals surface area contributed by atoms with Crippen LogP contribution < -0.4 is 0 Å². The Morgan fingerprint density at radius 1 is 1.03 bits per heavy atom. The summed E-state index contributed by atoms with van der Waals surface area (Å²) in [4.78, 5) is 29.9. The summed E-state index contributed by atoms with van der Waals surface area (Å²) in [5, 5.41) is 0. The molecule has 2 aromatic rings. The first kappa shape index (κ1) is 19.7. The first-order valence-corrected chi connectivity index (χ1v) is 10.6. The molecule has 0 aromatic heterocycles. The molecule has 0 N–H and O–H groups in total. The number of likely N-dealkylation sites (tertiary alicyclic amines) is 1. The van der Waals surface area contributed by atoms with Crippen molar-refractivity contribution in [3.63, 3.8) is 0 Å². The number of benzene rings is 2. The normalized spacial score (nSPS) is 21.7. The third kappa shape index (κ3) is 4.07. The molecule has 1 aliphatic carbocycles. The zero-order chi connectivity index (χ0) is 20.4. The summed E-state index contributed by atoms with van der Waals surface area (Å²) in [7, 11) is 3.66. The maximum Gasteiger partial charge on any atom is 0.230 e. The number of carbonyl (C=O) groups excluding carboxylic acids is 2. The molecule has 1 saturated heterocycles. The first-order valence-electron chi connectivity index (χ1n) is 10.6. The van der Waals surface area contributed by atoms with E-state index in [9.17, 15) is 9.59 Å². The zero-order valence-corrected chi connectivity index (χ0v) is 17.4. The van der Waals surface area contributed by atoms with Crippen molar-refractivity contribution in [1.82, 2.24) is 9.80 Å². The third-order valence-electron chi connectivity index (χ3n) is 6.31. The van der Waals surface area contributed by atoms with E-state index in [2.05, 4.69) is 30.3 Å². The molecule has 2 aliphatic rings. The van der Waals surface area contributed by atoms with Crippen LogP contribution in [0.3, 0.4) is 0 Å². The van der Waals surface area contributed by atoms with Gasteiger partial charge in [0.15, 0.2) is 0 Å². The van der Waals surface area contributed by atoms with Crippen molar-refractivity contribution in [2.75, 3.05) is 27.2 Å². The molecule has 2 amide bonds. The number of rotatable bonds is 5. The summed E-state index contributed by atoms with van der Waals surface area (Å²) in [6.45, 7) is 1.31. The van der Waals surface area contributed by atoms with E-state index < -0.39 is 5.41 Å². The van der Waals surface area contributed by atoms with Crippen molar-refractivity contribution in [2.45, 2.75) is 32.1 Å². The molecule has 1 saturated carbocycles. The maximum atomic E-state index is 13.4. The molecule has 1 atom stereocenters. The summed E-state index contributed by atoms with van der Waals surface area (Å²) in [6.07, 6.45) is 4.36. The van der Waals surface area contributed by atoms with Gasteiger partial charge in [-0.1, -0.05) is 54.6 Å². The monoisotopic (exact) mass is 390 g/mol. The van der Waals surface area contributed by atoms with Gasteiger partial charge in [0.1, 0.15) is 0 Å². The highest BCUT2D eigenvalue weighted by Crippen LogP contribution is 2.40. The fraction of sp³-hybridized carbons (Fsp3) is 0.440. The number of hydrogen-bond acceptors (Lipinski definition) is 2. The molecule has 2 fully saturated rings. The van der Waals surface area contributed by atoms with Crippen LogP contribution in [0.1, 0.15) is 31.2 Å². The largest absolute Gasteiger partial charge is 0.348 e. The van der Waals surface area contributed by atoms with Crippen LogP contribution in [0.4, 0.5) is 0 Å². The van der Waals surface area contributed by atoms with Crippen LogP contribution in [0.25, 0.3) is 11.1 Å². The topological polar surface area (TPSA) is 40.6 Å². The van der Waals surface area contributed by atoms with E-state index in [1.165, 1.54) is 11.1 Å². The van der Waals surface area contributed by atoms with Crippen molar-refractivity contribution in [1.29, 1.82) is 0 Å². The lowest BCUT2D eigenvalue weighted by Crippen LogP contribution is -2.54. The van der Waals surface area contributed by atoms with Crippen molar-refractivity contribution in [3.05, 3.63) is 60.2 Å². The lowest BCUT2D eigenvalue weighted by atomic mass is 9.72. The van der Waals surface area contributed by atoms with Gasteiger partial charge in [0.25, 0.3) is 0 Å². The van der Waals surface area contributed by atoms with Gasteiger partial charge in [-0.25, -0.2) is 0 Å². The Labute approximate surface area is 173 Å². The number of hydrogen-bond donors (Lipinski definition) is 0. The minimum Gasteiger partial charge on any atom is -0.348 e. The second-order valence-corrected chi connectivity index (χ2v) is 8.82. The summed E-state index contributed by atoms with van der Waals surface area (Å²) in [5.74, 6) is 0.572. The quantitative estimate of drug-likeness (QED) is 0.774. The molecular formula is C25H30N2O2. The molecule has 2 aromatic carbocycles. The second-order valence-electron chi connectivity index (χ2n) is 8.82. The summed E-state index contributed by atoms with van der Waals surface area (Å²) < 4.78 is 0. The van der Waals surface area contributed by atoms with E-state index in [4.69, 9.17) is 0 Å². The molecule has 4 nitrogen and oxygen atoms in total. The van der Waals surface area contributed by atoms with Gasteiger partial charge in [0, 0.05) is 33.1 Å². The average molecular weight is 391 g/mol. The van der Waals surface area contributed by atoms with Crippen LogP contribution in [0.2, 0.25) is 0 Å². The van der Waals surface area contributed by atoms with Crippen molar-refractivity contribution >= 4 is 11.8 Å². The van der Waals surface area contributed by atoms with Crippen LogP contribution in [0, 0.1) is 11.3 Å². The van der Waals surface area contributed by atoms with Gasteiger partial charge in [-0.3, -0.25) is 9.59 Å². The van der Waals surface area contributed by atoms with Gasteiger partial charge in [0.2, 0.25) is 11.8 Å². The van der Waals surface area contributed by atoms with Crippen LogP contribution in [-0.2, 0) is 16.0 Å². The van der Waals surface area contributed by atoms with Gasteiger partial charge in [-0.2, -0.15) is 0 Å². The predicted octanol–water partition coefficient (Wildman–Crippen LogP) is 4.00. The van der Waals surface area contributed by atoms with Crippen LogP contribution >= 0.6 is 0 Å². The Balaban J connectivity index is 1.69. The van der Waals surface area contributed by atoms with E-state index >= 15 is 0 Å². The van der Waals surface area contributed by atoms with Gasteiger partial charge >= 0.3 is 0 Å². The Morgan fingerprint density at radius 2 is 1.72 bits per heavy atom. The SMILES string of the molecule is CN(C)C(=O)[C@]1(Cc2ccccc2-c2ccccc2)CCCN(C(=O)C2CC2)C1. The van der Waals surface area contributed by atoms with E-state index in [0.717, 1.165) is 37.8 Å². The maximum absolute atomic E-state index is 13.4. The van der Waals surface area contributed by atoms with Crippen molar-refractivity contribution < 1.29 is 9.59 Å². The predicted molar refractivity (Wildman–Crippen MR) is 115 cm³/mol. The van der Waals surface area contributed by atoms with E-state index in [1.54, 1.807) is 4.90 Å². The molecule has 0 bridgehead atoms. The van der Waals surface area contributed by atoms with Gasteiger partial charge < -0.3 is 9.80 Å². The summed E-state index contributed by atoms with van der Waals surface area (Å²) in [5.41, 5.74) is 2.95. The molecule has 4 rings (SSSR count). The number of carbonyl (C=O) groups is 2. The molecule has 152 valence electrons. The Bertz CT molecular complexity index is 889. The fourth-order valence-electron chi connectivity index (χ4n) is 4.72. The molecule has 1 aliphatic heterocycles. The Kier molecular flexibility index (Phi) is 5.44. The summed E-state index contributed by atoms with van der Waals surface area (Å²) >= 11 is 0. The lowest BCUT2D eigenvalue weighted by molar-refractivity contribution is -0.147. The van der Waals surface area contributed by atoms with E-state index in [1.807, 2.05) is 43.3 Å². The van der Waals surface area contributed by atoms with Crippen LogP contribution in [-0.4, -0.2) is 48.8 Å². The number of nitrogens with zero attached hydrogens (tertiary/aromatic N) is 2.